The van der Waals surface area contributed by atoms with Crippen LogP contribution in [-0.2, 0) is 19.1 Å². The molecule has 19 heavy (non-hydrogen) atoms. The normalized spacial score (nSPS) is 25.7. The molecule has 2 N–H and O–H groups in total. The third-order valence-corrected chi connectivity index (χ3v) is 2.51. The van der Waals surface area contributed by atoms with Crippen LogP contribution in [0.2, 0.25) is 0 Å². The molecular weight excluding hydrogens is 250 g/mol. The number of allylic oxidation sites excluding steroid dienone is 1. The lowest BCUT2D eigenvalue weighted by Gasteiger charge is -2.32. The first kappa shape index (κ1) is 15.4. The molecule has 6 heteroatoms. The highest BCUT2D eigenvalue weighted by Gasteiger charge is 2.42. The Morgan fingerprint density at radius 1 is 1.42 bits per heavy atom. The molecule has 0 saturated carbocycles. The molecule has 0 bridgehead atoms. The van der Waals surface area contributed by atoms with E-state index in [1.165, 1.54) is 25.2 Å². The molecule has 0 radical (unpaired) electrons. The largest absolute Gasteiger partial charge is 0.465 e. The van der Waals surface area contributed by atoms with Gasteiger partial charge in [0, 0.05) is 19.2 Å². The maximum absolute atomic E-state index is 11.8. The molecule has 0 aromatic carbocycles. The second-order valence-electron chi connectivity index (χ2n) is 4.05. The van der Waals surface area contributed by atoms with Gasteiger partial charge in [-0.3, -0.25) is 9.59 Å². The number of carbonyl (C=O) groups excluding carboxylic acids is 2. The van der Waals surface area contributed by atoms with Crippen LogP contribution in [0.15, 0.2) is 23.9 Å². The molecule has 1 aliphatic rings. The number of nitrogens with one attached hydrogen (secondary N) is 1. The van der Waals surface area contributed by atoms with Crippen molar-refractivity contribution in [1.82, 2.24) is 5.32 Å². The van der Waals surface area contributed by atoms with Gasteiger partial charge in [0.2, 0.25) is 11.7 Å². The van der Waals surface area contributed by atoms with E-state index >= 15 is 0 Å². The molecule has 0 aliphatic heterocycles. The Kier molecular flexibility index (Phi) is 5.26. The lowest BCUT2D eigenvalue weighted by atomic mass is 9.92. The Bertz CT molecular complexity index is 415. The number of esters is 1. The molecule has 0 spiro atoms. The summed E-state index contributed by atoms with van der Waals surface area (Å²) in [6.07, 6.45) is 4.30. The van der Waals surface area contributed by atoms with Crippen LogP contribution in [-0.4, -0.2) is 36.0 Å². The summed E-state index contributed by atoms with van der Waals surface area (Å²) in [5.74, 6) is -3.62. The average molecular weight is 269 g/mol. The van der Waals surface area contributed by atoms with Gasteiger partial charge in [0.05, 0.1) is 6.61 Å². The van der Waals surface area contributed by atoms with E-state index < -0.39 is 17.7 Å². The fraction of sp³-hybridized carbons (Fsp3) is 0.538. The van der Waals surface area contributed by atoms with Crippen molar-refractivity contribution >= 4 is 11.9 Å². The predicted octanol–water partition coefficient (Wildman–Crippen LogP) is 0.481. The van der Waals surface area contributed by atoms with Gasteiger partial charge in [-0.25, -0.2) is 0 Å². The van der Waals surface area contributed by atoms with Gasteiger partial charge in [-0.1, -0.05) is 6.08 Å². The molecule has 0 aromatic heterocycles. The van der Waals surface area contributed by atoms with E-state index in [1.54, 1.807) is 13.8 Å². The van der Waals surface area contributed by atoms with Crippen LogP contribution < -0.4 is 5.32 Å². The topological polar surface area (TPSA) is 84.9 Å². The predicted molar refractivity (Wildman–Crippen MR) is 67.7 cm³/mol. The van der Waals surface area contributed by atoms with E-state index in [0.717, 1.165) is 0 Å². The fourth-order valence-corrected chi connectivity index (χ4v) is 1.82. The van der Waals surface area contributed by atoms with Crippen molar-refractivity contribution in [2.24, 2.45) is 5.92 Å². The summed E-state index contributed by atoms with van der Waals surface area (Å²) in [5.41, 5.74) is 0.379. The summed E-state index contributed by atoms with van der Waals surface area (Å²) < 4.78 is 10.1. The number of hydrogen-bond donors (Lipinski definition) is 2. The van der Waals surface area contributed by atoms with Crippen molar-refractivity contribution in [1.29, 1.82) is 0 Å². The van der Waals surface area contributed by atoms with Crippen LogP contribution in [0.1, 0.15) is 20.8 Å². The summed E-state index contributed by atoms with van der Waals surface area (Å²) in [5, 5.41) is 12.9. The van der Waals surface area contributed by atoms with E-state index in [0.29, 0.717) is 5.70 Å². The number of hydrogen-bond acceptors (Lipinski definition) is 5. The molecule has 1 amide bonds. The minimum atomic E-state index is -1.81. The van der Waals surface area contributed by atoms with E-state index in [9.17, 15) is 14.7 Å². The number of aliphatic hydroxyl groups is 1. The number of amides is 1. The second-order valence-corrected chi connectivity index (χ2v) is 4.05. The Hall–Kier alpha value is -1.66. The van der Waals surface area contributed by atoms with E-state index in [2.05, 4.69) is 5.32 Å². The van der Waals surface area contributed by atoms with Crippen LogP contribution in [0.3, 0.4) is 0 Å². The van der Waals surface area contributed by atoms with Gasteiger partial charge in [0.25, 0.3) is 0 Å². The number of rotatable bonds is 5. The molecule has 6 nitrogen and oxygen atoms in total. The van der Waals surface area contributed by atoms with Crippen LogP contribution in [0.4, 0.5) is 0 Å². The Balaban J connectivity index is 2.97. The van der Waals surface area contributed by atoms with Crippen LogP contribution >= 0.6 is 0 Å². The molecule has 1 rings (SSSR count). The summed E-state index contributed by atoms with van der Waals surface area (Å²) in [6, 6.07) is 0. The van der Waals surface area contributed by atoms with Gasteiger partial charge >= 0.3 is 5.97 Å². The molecule has 0 saturated heterocycles. The minimum absolute atomic E-state index is 0.212. The molecule has 0 fully saturated rings. The molecule has 2 unspecified atom stereocenters. The summed E-state index contributed by atoms with van der Waals surface area (Å²) >= 11 is 0. The Morgan fingerprint density at radius 2 is 2.11 bits per heavy atom. The summed E-state index contributed by atoms with van der Waals surface area (Å²) in [7, 11) is 0. The number of carbonyl (C=O) groups is 2. The minimum Gasteiger partial charge on any atom is -0.465 e. The molecular formula is C13H19NO5. The third kappa shape index (κ3) is 3.90. The quantitative estimate of drug-likeness (QED) is 0.560. The van der Waals surface area contributed by atoms with Crippen molar-refractivity contribution in [2.45, 2.75) is 26.6 Å². The molecule has 1 aliphatic carbocycles. The van der Waals surface area contributed by atoms with Gasteiger partial charge in [0.15, 0.2) is 0 Å². The van der Waals surface area contributed by atoms with E-state index in [4.69, 9.17) is 9.47 Å². The SMILES string of the molecule is CCOC(=O)C1C=CC(NC(C)=O)=CC1(O)OCC. The zero-order chi connectivity index (χ0) is 14.5. The maximum Gasteiger partial charge on any atom is 0.318 e. The van der Waals surface area contributed by atoms with Crippen LogP contribution in [0.25, 0.3) is 0 Å². The first-order valence-corrected chi connectivity index (χ1v) is 6.14. The van der Waals surface area contributed by atoms with Crippen molar-refractivity contribution in [3.63, 3.8) is 0 Å². The lowest BCUT2D eigenvalue weighted by Crippen LogP contribution is -2.45. The molecule has 106 valence electrons. The molecule has 0 heterocycles. The lowest BCUT2D eigenvalue weighted by molar-refractivity contribution is -0.203. The van der Waals surface area contributed by atoms with Crippen molar-refractivity contribution < 1.29 is 24.2 Å². The summed E-state index contributed by atoms with van der Waals surface area (Å²) in [6.45, 7) is 5.16. The average Bonchev–Trinajstić information content (AvgIpc) is 2.28. The summed E-state index contributed by atoms with van der Waals surface area (Å²) in [4.78, 5) is 22.8. The number of ether oxygens (including phenoxy) is 2. The van der Waals surface area contributed by atoms with Gasteiger partial charge in [-0.2, -0.15) is 0 Å². The highest BCUT2D eigenvalue weighted by molar-refractivity contribution is 5.78. The second kappa shape index (κ2) is 6.49. The van der Waals surface area contributed by atoms with E-state index in [1.807, 2.05) is 0 Å². The Morgan fingerprint density at radius 3 is 2.63 bits per heavy atom. The first-order valence-electron chi connectivity index (χ1n) is 6.14. The van der Waals surface area contributed by atoms with Crippen molar-refractivity contribution in [3.05, 3.63) is 23.9 Å². The highest BCUT2D eigenvalue weighted by Crippen LogP contribution is 2.29. The zero-order valence-electron chi connectivity index (χ0n) is 11.3. The third-order valence-electron chi connectivity index (χ3n) is 2.51. The van der Waals surface area contributed by atoms with E-state index in [-0.39, 0.29) is 19.1 Å². The maximum atomic E-state index is 11.8. The standard InChI is InChI=1S/C13H19NO5/c1-4-18-12(16)11-7-6-10(14-9(3)15)8-13(11,17)19-5-2/h6-8,11,17H,4-5H2,1-3H3,(H,14,15). The van der Waals surface area contributed by atoms with Crippen LogP contribution in [0.5, 0.6) is 0 Å². The van der Waals surface area contributed by atoms with Crippen LogP contribution in [0, 0.1) is 5.92 Å². The Labute approximate surface area is 112 Å². The van der Waals surface area contributed by atoms with Crippen molar-refractivity contribution in [2.75, 3.05) is 13.2 Å². The monoisotopic (exact) mass is 269 g/mol. The highest BCUT2D eigenvalue weighted by atomic mass is 16.6. The smallest absolute Gasteiger partial charge is 0.318 e. The molecule has 0 aromatic rings. The first-order chi connectivity index (χ1) is 8.92. The molecule has 2 atom stereocenters. The fourth-order valence-electron chi connectivity index (χ4n) is 1.82. The zero-order valence-corrected chi connectivity index (χ0v) is 11.3. The van der Waals surface area contributed by atoms with Crippen molar-refractivity contribution in [3.8, 4) is 0 Å². The van der Waals surface area contributed by atoms with Gasteiger partial charge in [-0.05, 0) is 26.0 Å². The van der Waals surface area contributed by atoms with Gasteiger partial charge in [0.1, 0.15) is 5.92 Å². The van der Waals surface area contributed by atoms with Gasteiger partial charge in [-0.15, -0.1) is 0 Å². The van der Waals surface area contributed by atoms with Gasteiger partial charge < -0.3 is 19.9 Å².